The maximum atomic E-state index is 12.2. The van der Waals surface area contributed by atoms with Gasteiger partial charge < -0.3 is 29.4 Å². The molecule has 3 aromatic heterocycles. The molecule has 6 rings (SSSR count). The third kappa shape index (κ3) is 15.2. The molecule has 6 aromatic rings. The van der Waals surface area contributed by atoms with Crippen molar-refractivity contribution in [2.24, 2.45) is 0 Å². The Morgan fingerprint density at radius 1 is 0.583 bits per heavy atom. The third-order valence-corrected chi connectivity index (χ3v) is 7.87. The summed E-state index contributed by atoms with van der Waals surface area (Å²) in [6.45, 7) is 11.3. The molecule has 0 saturated carbocycles. The van der Waals surface area contributed by atoms with E-state index in [1.807, 2.05) is 13.0 Å². The second-order valence-corrected chi connectivity index (χ2v) is 14.2. The van der Waals surface area contributed by atoms with Crippen LogP contribution in [0.4, 0.5) is 32.0 Å². The average Bonchev–Trinajstić information content (AvgIpc) is 3.16. The Morgan fingerprint density at radius 2 is 1.03 bits per heavy atom. The molecule has 0 fully saturated rings. The first-order chi connectivity index (χ1) is 28.1. The van der Waals surface area contributed by atoms with Crippen LogP contribution in [-0.4, -0.2) is 42.6 Å². The lowest BCUT2D eigenvalue weighted by Gasteiger charge is -2.22. The molecule has 3 heterocycles. The molecule has 0 aliphatic rings. The van der Waals surface area contributed by atoms with Crippen molar-refractivity contribution in [1.82, 2.24) is 29.9 Å². The maximum absolute atomic E-state index is 12.2. The molecular formula is C40H35BrF6N8O5. The summed E-state index contributed by atoms with van der Waals surface area (Å²) < 4.78 is 97.5. The molecule has 60 heavy (non-hydrogen) atoms. The van der Waals surface area contributed by atoms with Gasteiger partial charge in [0, 0.05) is 42.5 Å². The number of ether oxygens (including phenoxy) is 5. The first-order valence-corrected chi connectivity index (χ1v) is 18.0. The van der Waals surface area contributed by atoms with Gasteiger partial charge in [-0.15, -0.1) is 26.3 Å². The predicted octanol–water partition coefficient (Wildman–Crippen LogP) is 11.0. The van der Waals surface area contributed by atoms with Crippen LogP contribution in [0, 0.1) is 32.1 Å². The topological polar surface area (TPSA) is 173 Å². The lowest BCUT2D eigenvalue weighted by molar-refractivity contribution is -0.275. The number of benzene rings is 3. The molecule has 0 unspecified atom stereocenters. The number of alkyl halides is 6. The predicted molar refractivity (Wildman–Crippen MR) is 209 cm³/mol. The van der Waals surface area contributed by atoms with E-state index < -0.39 is 18.5 Å². The number of hydrogen-bond acceptors (Lipinski definition) is 13. The van der Waals surface area contributed by atoms with Crippen molar-refractivity contribution in [2.45, 2.75) is 59.7 Å². The summed E-state index contributed by atoms with van der Waals surface area (Å²) in [5.41, 5.74) is 9.43. The van der Waals surface area contributed by atoms with Crippen LogP contribution in [0.15, 0.2) is 96.3 Å². The monoisotopic (exact) mass is 900 g/mol. The number of aryl methyl sites for hydroxylation is 3. The average molecular weight is 902 g/mol. The lowest BCUT2D eigenvalue weighted by atomic mass is 9.85. The van der Waals surface area contributed by atoms with E-state index in [1.165, 1.54) is 56.0 Å². The molecular weight excluding hydrogens is 866 g/mol. The van der Waals surface area contributed by atoms with E-state index in [-0.39, 0.29) is 45.2 Å². The van der Waals surface area contributed by atoms with Gasteiger partial charge in [-0.25, -0.2) is 29.9 Å². The first-order valence-electron chi connectivity index (χ1n) is 17.2. The fourth-order valence-corrected chi connectivity index (χ4v) is 4.79. The molecule has 314 valence electrons. The number of nitrogens with zero attached hydrogens (tertiary/aromatic N) is 7. The third-order valence-electron chi connectivity index (χ3n) is 7.21. The number of nitrogen functional groups attached to an aromatic ring is 1. The van der Waals surface area contributed by atoms with E-state index >= 15 is 0 Å². The molecule has 0 spiro atoms. The zero-order chi connectivity index (χ0) is 44.3. The summed E-state index contributed by atoms with van der Waals surface area (Å²) in [6.07, 6.45) is -0.382. The van der Waals surface area contributed by atoms with Crippen LogP contribution in [0.1, 0.15) is 48.6 Å². The van der Waals surface area contributed by atoms with E-state index in [9.17, 15) is 26.3 Å². The van der Waals surface area contributed by atoms with Crippen molar-refractivity contribution in [2.75, 3.05) is 5.73 Å². The Kier molecular flexibility index (Phi) is 15.2. The van der Waals surface area contributed by atoms with Gasteiger partial charge in [-0.1, -0.05) is 26.8 Å². The molecule has 2 N–H and O–H groups in total. The minimum absolute atomic E-state index is 0.0379. The van der Waals surface area contributed by atoms with Gasteiger partial charge in [0.25, 0.3) is 0 Å². The number of anilines is 1. The van der Waals surface area contributed by atoms with Crippen molar-refractivity contribution in [3.8, 4) is 52.8 Å². The Morgan fingerprint density at radius 3 is 1.52 bits per heavy atom. The largest absolute Gasteiger partial charge is 0.573 e. The van der Waals surface area contributed by atoms with Gasteiger partial charge in [-0.3, -0.25) is 0 Å². The minimum Gasteiger partial charge on any atom is -0.424 e. The first kappa shape index (κ1) is 45.9. The highest BCUT2D eigenvalue weighted by atomic mass is 79.9. The van der Waals surface area contributed by atoms with E-state index in [0.717, 1.165) is 28.8 Å². The van der Waals surface area contributed by atoms with Crippen LogP contribution >= 0.6 is 15.9 Å². The molecule has 0 bridgehead atoms. The Balaban J connectivity index is 0.000000198. The number of halogens is 7. The van der Waals surface area contributed by atoms with Gasteiger partial charge in [-0.2, -0.15) is 5.26 Å². The highest BCUT2D eigenvalue weighted by molar-refractivity contribution is 9.10. The number of aromatic nitrogens is 6. The van der Waals surface area contributed by atoms with E-state index in [1.54, 1.807) is 31.5 Å². The van der Waals surface area contributed by atoms with Gasteiger partial charge in [0.05, 0.1) is 34.2 Å². The SMILES string of the molecule is CC(C)(C)c1cc(C#N)ccc1Oc1ncc(N)cn1.Cc1cnc(Oc2ccc(Br)c(OC(F)(F)F)c2)nc1.Cc1cnc(Oc2ccc(C)c(OC(F)(F)F)c2)nc1. The fraction of sp³-hybridized carbons (Fsp3) is 0.225. The summed E-state index contributed by atoms with van der Waals surface area (Å²) in [7, 11) is 0. The molecule has 0 saturated heterocycles. The van der Waals surface area contributed by atoms with Crippen LogP contribution in [0.3, 0.4) is 0 Å². The second kappa shape index (κ2) is 19.8. The molecule has 0 atom stereocenters. The number of nitriles is 1. The highest BCUT2D eigenvalue weighted by Crippen LogP contribution is 2.36. The summed E-state index contributed by atoms with van der Waals surface area (Å²) in [6, 6.07) is 15.8. The normalized spacial score (nSPS) is 11.1. The van der Waals surface area contributed by atoms with Gasteiger partial charge in [-0.05, 0) is 95.2 Å². The van der Waals surface area contributed by atoms with Gasteiger partial charge >= 0.3 is 30.8 Å². The lowest BCUT2D eigenvalue weighted by Crippen LogP contribution is -2.17. The van der Waals surface area contributed by atoms with Crippen molar-refractivity contribution < 1.29 is 50.0 Å². The zero-order valence-electron chi connectivity index (χ0n) is 32.6. The minimum atomic E-state index is -4.78. The standard InChI is InChI=1S/C15H16N4O.C13H11F3N2O2.C12H8BrF3N2O2/c1-15(2,3)12-6-10(7-16)4-5-13(12)20-14-18-8-11(17)9-19-14;1-8-6-17-12(18-7-8)19-10-4-3-9(2)11(5-10)20-13(14,15)16;1-7-5-17-11(18-6-7)19-8-2-3-9(13)10(4-8)20-12(14,15)16/h4-6,8-9H,17H2,1-3H3;3-7H,1-2H3;2-6H,1H3. The van der Waals surface area contributed by atoms with Crippen molar-refractivity contribution in [3.63, 3.8) is 0 Å². The molecule has 0 amide bonds. The van der Waals surface area contributed by atoms with Crippen molar-refractivity contribution in [3.05, 3.63) is 124 Å². The zero-order valence-corrected chi connectivity index (χ0v) is 34.1. The number of hydrogen-bond donors (Lipinski definition) is 1. The molecule has 0 aliphatic heterocycles. The Bertz CT molecular complexity index is 2280. The van der Waals surface area contributed by atoms with Crippen LogP contribution < -0.4 is 29.4 Å². The summed E-state index contributed by atoms with van der Waals surface area (Å²) in [5, 5.41) is 9.01. The summed E-state index contributed by atoms with van der Waals surface area (Å²) >= 11 is 2.97. The fourth-order valence-electron chi connectivity index (χ4n) is 4.46. The molecule has 20 heteroatoms. The molecule has 3 aromatic carbocycles. The van der Waals surface area contributed by atoms with Gasteiger partial charge in [0.2, 0.25) is 0 Å². The maximum Gasteiger partial charge on any atom is 0.573 e. The van der Waals surface area contributed by atoms with E-state index in [0.29, 0.717) is 22.6 Å². The van der Waals surface area contributed by atoms with Crippen LogP contribution in [0.5, 0.6) is 46.8 Å². The van der Waals surface area contributed by atoms with Crippen LogP contribution in [0.2, 0.25) is 0 Å². The van der Waals surface area contributed by atoms with Gasteiger partial charge in [0.1, 0.15) is 28.7 Å². The Hall–Kier alpha value is -6.75. The van der Waals surface area contributed by atoms with Crippen LogP contribution in [0.25, 0.3) is 0 Å². The van der Waals surface area contributed by atoms with Gasteiger partial charge in [0.15, 0.2) is 0 Å². The molecule has 0 radical (unpaired) electrons. The number of nitrogens with two attached hydrogens (primary N) is 1. The second-order valence-electron chi connectivity index (χ2n) is 13.4. The smallest absolute Gasteiger partial charge is 0.424 e. The van der Waals surface area contributed by atoms with Crippen LogP contribution in [-0.2, 0) is 5.41 Å². The summed E-state index contributed by atoms with van der Waals surface area (Å²) in [5.74, 6) is 0.223. The highest BCUT2D eigenvalue weighted by Gasteiger charge is 2.33. The molecule has 13 nitrogen and oxygen atoms in total. The molecule has 0 aliphatic carbocycles. The quantitative estimate of drug-likeness (QED) is 0.143. The van der Waals surface area contributed by atoms with E-state index in [2.05, 4.69) is 82.1 Å². The van der Waals surface area contributed by atoms with Crippen molar-refractivity contribution >= 4 is 21.6 Å². The summed E-state index contributed by atoms with van der Waals surface area (Å²) in [4.78, 5) is 23.6. The van der Waals surface area contributed by atoms with Crippen molar-refractivity contribution in [1.29, 1.82) is 5.26 Å². The van der Waals surface area contributed by atoms with E-state index in [4.69, 9.17) is 25.2 Å². The Labute approximate surface area is 348 Å². The number of rotatable bonds is 8.